The number of aryl methyl sites for hydroxylation is 1. The summed E-state index contributed by atoms with van der Waals surface area (Å²) in [5, 5.41) is 10.6. The van der Waals surface area contributed by atoms with Crippen molar-refractivity contribution in [3.8, 4) is 0 Å². The average Bonchev–Trinajstić information content (AvgIpc) is 2.76. The molecule has 3 aromatic rings. The van der Waals surface area contributed by atoms with Gasteiger partial charge in [-0.05, 0) is 31.2 Å². The minimum absolute atomic E-state index is 0.302. The summed E-state index contributed by atoms with van der Waals surface area (Å²) >= 11 is 0. The van der Waals surface area contributed by atoms with Crippen molar-refractivity contribution in [3.63, 3.8) is 0 Å². The van der Waals surface area contributed by atoms with Gasteiger partial charge >= 0.3 is 0 Å². The zero-order valence-electron chi connectivity index (χ0n) is 11.9. The van der Waals surface area contributed by atoms with E-state index in [1.165, 1.54) is 12.1 Å². The zero-order valence-corrected chi connectivity index (χ0v) is 11.9. The van der Waals surface area contributed by atoms with Gasteiger partial charge in [0, 0.05) is 13.5 Å². The fraction of sp³-hybridized carbons (Fsp3) is 0.250. The van der Waals surface area contributed by atoms with Crippen molar-refractivity contribution < 1.29 is 9.50 Å². The van der Waals surface area contributed by atoms with Gasteiger partial charge in [-0.1, -0.05) is 12.1 Å². The Labute approximate surface area is 121 Å². The number of nitrogens with zero attached hydrogens (tertiary/aromatic N) is 3. The lowest BCUT2D eigenvalue weighted by molar-refractivity contribution is 0.0502. The molecule has 4 nitrogen and oxygen atoms in total. The lowest BCUT2D eigenvalue weighted by Crippen LogP contribution is -2.27. The smallest absolute Gasteiger partial charge is 0.141 e. The quantitative estimate of drug-likeness (QED) is 0.804. The predicted octanol–water partition coefficient (Wildman–Crippen LogP) is 2.56. The van der Waals surface area contributed by atoms with Crippen molar-refractivity contribution in [1.29, 1.82) is 0 Å². The minimum atomic E-state index is -1.21. The van der Waals surface area contributed by atoms with Crippen molar-refractivity contribution in [2.24, 2.45) is 7.05 Å². The van der Waals surface area contributed by atoms with E-state index in [9.17, 15) is 9.50 Å². The van der Waals surface area contributed by atoms with Gasteiger partial charge in [0.2, 0.25) is 0 Å². The molecule has 3 rings (SSSR count). The van der Waals surface area contributed by atoms with Crippen LogP contribution in [-0.2, 0) is 19.1 Å². The molecule has 1 N–H and O–H groups in total. The summed E-state index contributed by atoms with van der Waals surface area (Å²) < 4.78 is 14.9. The third-order valence-electron chi connectivity index (χ3n) is 3.66. The topological polar surface area (TPSA) is 50.9 Å². The summed E-state index contributed by atoms with van der Waals surface area (Å²) in [5.74, 6) is 0.338. The van der Waals surface area contributed by atoms with E-state index < -0.39 is 11.4 Å². The highest BCUT2D eigenvalue weighted by atomic mass is 19.1. The van der Waals surface area contributed by atoms with E-state index >= 15 is 0 Å². The number of hydrogen-bond acceptors (Lipinski definition) is 3. The first-order chi connectivity index (χ1) is 9.97. The van der Waals surface area contributed by atoms with Gasteiger partial charge in [0.05, 0.1) is 22.9 Å². The predicted molar refractivity (Wildman–Crippen MR) is 78.2 cm³/mol. The van der Waals surface area contributed by atoms with E-state index in [1.54, 1.807) is 6.92 Å². The van der Waals surface area contributed by atoms with Crippen LogP contribution in [0.25, 0.3) is 11.0 Å². The number of imidazole rings is 1. The number of benzene rings is 1. The third-order valence-corrected chi connectivity index (χ3v) is 3.66. The second kappa shape index (κ2) is 4.93. The largest absolute Gasteiger partial charge is 0.383 e. The molecule has 0 saturated heterocycles. The van der Waals surface area contributed by atoms with E-state index in [0.717, 1.165) is 23.1 Å². The molecule has 0 aliphatic heterocycles. The van der Waals surface area contributed by atoms with Crippen molar-refractivity contribution in [2.75, 3.05) is 0 Å². The van der Waals surface area contributed by atoms with Crippen molar-refractivity contribution in [3.05, 3.63) is 59.9 Å². The molecule has 108 valence electrons. The van der Waals surface area contributed by atoms with Gasteiger partial charge in [-0.3, -0.25) is 4.98 Å². The molecule has 0 aliphatic carbocycles. The highest BCUT2D eigenvalue weighted by Crippen LogP contribution is 2.25. The number of halogens is 1. The number of pyridine rings is 1. The Bertz CT molecular complexity index is 778. The molecule has 2 heterocycles. The second-order valence-electron chi connectivity index (χ2n) is 5.39. The highest BCUT2D eigenvalue weighted by molar-refractivity contribution is 5.75. The maximum atomic E-state index is 12.9. The number of para-hydroxylation sites is 2. The molecule has 1 atom stereocenters. The van der Waals surface area contributed by atoms with Gasteiger partial charge in [-0.25, -0.2) is 9.37 Å². The van der Waals surface area contributed by atoms with Crippen LogP contribution >= 0.6 is 0 Å². The fourth-order valence-corrected chi connectivity index (χ4v) is 2.45. The van der Waals surface area contributed by atoms with Crippen LogP contribution in [-0.4, -0.2) is 19.6 Å². The van der Waals surface area contributed by atoms with E-state index in [0.29, 0.717) is 12.1 Å². The first kappa shape index (κ1) is 13.7. The van der Waals surface area contributed by atoms with Crippen molar-refractivity contribution >= 4 is 11.0 Å². The number of aromatic nitrogens is 3. The van der Waals surface area contributed by atoms with Crippen LogP contribution in [0.1, 0.15) is 18.4 Å². The third kappa shape index (κ3) is 2.52. The summed E-state index contributed by atoms with van der Waals surface area (Å²) in [6, 6.07) is 10.6. The molecule has 0 spiro atoms. The van der Waals surface area contributed by atoms with Gasteiger partial charge in [0.15, 0.2) is 0 Å². The van der Waals surface area contributed by atoms with Gasteiger partial charge in [0.1, 0.15) is 17.2 Å². The molecule has 0 aliphatic rings. The minimum Gasteiger partial charge on any atom is -0.383 e. The molecule has 5 heteroatoms. The molecule has 0 amide bonds. The molecule has 1 unspecified atom stereocenters. The Kier molecular flexibility index (Phi) is 3.22. The number of aliphatic hydroxyl groups is 1. The van der Waals surface area contributed by atoms with E-state index in [4.69, 9.17) is 0 Å². The Morgan fingerprint density at radius 2 is 2.00 bits per heavy atom. The second-order valence-corrected chi connectivity index (χ2v) is 5.39. The van der Waals surface area contributed by atoms with Crippen LogP contribution in [0.15, 0.2) is 42.6 Å². The van der Waals surface area contributed by atoms with E-state index in [-0.39, 0.29) is 0 Å². The molecule has 21 heavy (non-hydrogen) atoms. The summed E-state index contributed by atoms with van der Waals surface area (Å²) in [4.78, 5) is 8.51. The average molecular weight is 285 g/mol. The molecule has 1 aromatic carbocycles. The van der Waals surface area contributed by atoms with Gasteiger partial charge in [-0.2, -0.15) is 0 Å². The normalized spacial score (nSPS) is 14.3. The first-order valence-electron chi connectivity index (χ1n) is 6.72. The van der Waals surface area contributed by atoms with Crippen LogP contribution in [0.5, 0.6) is 0 Å². The van der Waals surface area contributed by atoms with Crippen LogP contribution in [0.2, 0.25) is 0 Å². The zero-order chi connectivity index (χ0) is 15.0. The lowest BCUT2D eigenvalue weighted by Gasteiger charge is -2.22. The molecule has 0 fully saturated rings. The van der Waals surface area contributed by atoms with E-state index in [1.807, 2.05) is 35.9 Å². The Hall–Kier alpha value is -2.27. The summed E-state index contributed by atoms with van der Waals surface area (Å²) in [6.07, 6.45) is 1.41. The molecule has 0 radical (unpaired) electrons. The fourth-order valence-electron chi connectivity index (χ4n) is 2.45. The molecule has 0 bridgehead atoms. The number of rotatable bonds is 3. The van der Waals surface area contributed by atoms with E-state index in [2.05, 4.69) is 9.97 Å². The maximum absolute atomic E-state index is 12.9. The van der Waals surface area contributed by atoms with Crippen LogP contribution < -0.4 is 0 Å². The van der Waals surface area contributed by atoms with Crippen LogP contribution in [0.3, 0.4) is 0 Å². The SMILES string of the molecule is Cn1c(CC(C)(O)c2ccc(F)cn2)nc2ccccc21. The molecular weight excluding hydrogens is 269 g/mol. The Balaban J connectivity index is 1.96. The number of hydrogen-bond donors (Lipinski definition) is 1. The standard InChI is InChI=1S/C16H16FN3O/c1-16(21,14-8-7-11(17)10-18-14)9-15-19-12-5-3-4-6-13(12)20(15)2/h3-8,10,21H,9H2,1-2H3. The van der Waals surface area contributed by atoms with Crippen molar-refractivity contribution in [1.82, 2.24) is 14.5 Å². The van der Waals surface area contributed by atoms with Gasteiger partial charge in [0.25, 0.3) is 0 Å². The first-order valence-corrected chi connectivity index (χ1v) is 6.72. The molecule has 2 aromatic heterocycles. The summed E-state index contributed by atoms with van der Waals surface area (Å²) in [5.41, 5.74) is 1.12. The van der Waals surface area contributed by atoms with Gasteiger partial charge in [-0.15, -0.1) is 0 Å². The summed E-state index contributed by atoms with van der Waals surface area (Å²) in [6.45, 7) is 1.66. The highest BCUT2D eigenvalue weighted by Gasteiger charge is 2.27. The monoisotopic (exact) mass is 285 g/mol. The van der Waals surface area contributed by atoms with Crippen molar-refractivity contribution in [2.45, 2.75) is 18.9 Å². The van der Waals surface area contributed by atoms with Crippen LogP contribution in [0, 0.1) is 5.82 Å². The maximum Gasteiger partial charge on any atom is 0.141 e. The Morgan fingerprint density at radius 3 is 2.67 bits per heavy atom. The lowest BCUT2D eigenvalue weighted by atomic mass is 9.97. The number of fused-ring (bicyclic) bond motifs is 1. The molecule has 0 saturated carbocycles. The van der Waals surface area contributed by atoms with Gasteiger partial charge < -0.3 is 9.67 Å². The Morgan fingerprint density at radius 1 is 1.24 bits per heavy atom. The summed E-state index contributed by atoms with van der Waals surface area (Å²) in [7, 11) is 1.92. The van der Waals surface area contributed by atoms with Crippen LogP contribution in [0.4, 0.5) is 4.39 Å². The molecular formula is C16H16FN3O.